The quantitative estimate of drug-likeness (QED) is 0.699. The number of anilines is 1. The van der Waals surface area contributed by atoms with Gasteiger partial charge in [0, 0.05) is 49.9 Å². The molecule has 3 aromatic rings. The van der Waals surface area contributed by atoms with Crippen LogP contribution in [0, 0.1) is 0 Å². The Morgan fingerprint density at radius 3 is 2.82 bits per heavy atom. The summed E-state index contributed by atoms with van der Waals surface area (Å²) >= 11 is 1.76. The maximum atomic E-state index is 10.9. The summed E-state index contributed by atoms with van der Waals surface area (Å²) in [7, 11) is 0. The standard InChI is InChI=1S/C20H23N5O2S/c26-20(5-9-27-10-6-20)12-23-18-16-13-3-1-2-4-15(13)28-19(16)25-17(24-18)14-11-21-7-8-22-14/h7-8,11,26H,1-6,9-10,12H2,(H,23,24,25). The van der Waals surface area contributed by atoms with Gasteiger partial charge in [0.15, 0.2) is 5.82 Å². The molecule has 0 atom stereocenters. The molecule has 1 saturated heterocycles. The van der Waals surface area contributed by atoms with Crippen LogP contribution in [0.25, 0.3) is 21.7 Å². The predicted octanol–water partition coefficient (Wildman–Crippen LogP) is 2.98. The molecule has 0 radical (unpaired) electrons. The maximum absolute atomic E-state index is 10.9. The van der Waals surface area contributed by atoms with Gasteiger partial charge in [-0.1, -0.05) is 0 Å². The lowest BCUT2D eigenvalue weighted by molar-refractivity contribution is -0.0543. The van der Waals surface area contributed by atoms with Gasteiger partial charge in [0.1, 0.15) is 16.3 Å². The average molecular weight is 398 g/mol. The van der Waals surface area contributed by atoms with Gasteiger partial charge >= 0.3 is 0 Å². The van der Waals surface area contributed by atoms with Gasteiger partial charge in [-0.15, -0.1) is 11.3 Å². The molecule has 146 valence electrons. The highest BCUT2D eigenvalue weighted by Gasteiger charge is 2.30. The van der Waals surface area contributed by atoms with Gasteiger partial charge < -0.3 is 15.2 Å². The molecule has 2 N–H and O–H groups in total. The van der Waals surface area contributed by atoms with E-state index in [2.05, 4.69) is 15.3 Å². The number of hydrogen-bond acceptors (Lipinski definition) is 8. The third-order valence-electron chi connectivity index (χ3n) is 5.62. The molecule has 28 heavy (non-hydrogen) atoms. The van der Waals surface area contributed by atoms with Gasteiger partial charge in [-0.05, 0) is 31.2 Å². The van der Waals surface area contributed by atoms with E-state index in [0.717, 1.165) is 28.9 Å². The van der Waals surface area contributed by atoms with E-state index in [-0.39, 0.29) is 0 Å². The van der Waals surface area contributed by atoms with Crippen LogP contribution in [0.5, 0.6) is 0 Å². The Bertz CT molecular complexity index is 985. The number of nitrogens with one attached hydrogen (secondary N) is 1. The zero-order valence-electron chi connectivity index (χ0n) is 15.6. The summed E-state index contributed by atoms with van der Waals surface area (Å²) in [5.41, 5.74) is 1.26. The number of rotatable bonds is 4. The average Bonchev–Trinajstić information content (AvgIpc) is 3.12. The van der Waals surface area contributed by atoms with E-state index in [1.807, 2.05) is 0 Å². The summed E-state index contributed by atoms with van der Waals surface area (Å²) in [4.78, 5) is 20.5. The Kier molecular flexibility index (Phi) is 4.70. The van der Waals surface area contributed by atoms with E-state index in [1.54, 1.807) is 29.9 Å². The Balaban J connectivity index is 1.57. The minimum atomic E-state index is -0.766. The van der Waals surface area contributed by atoms with Crippen molar-refractivity contribution in [2.24, 2.45) is 0 Å². The molecule has 8 heteroatoms. The number of hydrogen-bond donors (Lipinski definition) is 2. The predicted molar refractivity (Wildman–Crippen MR) is 109 cm³/mol. The van der Waals surface area contributed by atoms with Crippen LogP contribution in [0.2, 0.25) is 0 Å². The van der Waals surface area contributed by atoms with Gasteiger partial charge in [-0.25, -0.2) is 15.0 Å². The van der Waals surface area contributed by atoms with Crippen molar-refractivity contribution in [3.05, 3.63) is 29.0 Å². The van der Waals surface area contributed by atoms with Crippen LogP contribution in [0.3, 0.4) is 0 Å². The number of nitrogens with zero attached hydrogens (tertiary/aromatic N) is 4. The minimum absolute atomic E-state index is 0.451. The number of thiophene rings is 1. The number of fused-ring (bicyclic) bond motifs is 3. The van der Waals surface area contributed by atoms with Gasteiger partial charge in [0.05, 0.1) is 17.2 Å². The van der Waals surface area contributed by atoms with Gasteiger partial charge in [-0.3, -0.25) is 4.98 Å². The number of aromatic nitrogens is 4. The molecular formula is C20H23N5O2S. The van der Waals surface area contributed by atoms with E-state index >= 15 is 0 Å². The smallest absolute Gasteiger partial charge is 0.183 e. The third-order valence-corrected chi connectivity index (χ3v) is 6.80. The molecule has 0 saturated carbocycles. The fourth-order valence-electron chi connectivity index (χ4n) is 3.99. The molecule has 7 nitrogen and oxygen atoms in total. The third kappa shape index (κ3) is 3.36. The first kappa shape index (κ1) is 17.9. The summed E-state index contributed by atoms with van der Waals surface area (Å²) in [5, 5.41) is 15.4. The van der Waals surface area contributed by atoms with Crippen LogP contribution in [-0.4, -0.2) is 50.4 Å². The van der Waals surface area contributed by atoms with E-state index in [1.165, 1.54) is 23.3 Å². The second kappa shape index (κ2) is 7.35. The summed E-state index contributed by atoms with van der Waals surface area (Å²) in [6.07, 6.45) is 10.8. The minimum Gasteiger partial charge on any atom is -0.388 e. The Morgan fingerprint density at radius 2 is 2.00 bits per heavy atom. The molecular weight excluding hydrogens is 374 g/mol. The molecule has 5 rings (SSSR count). The van der Waals surface area contributed by atoms with Crippen LogP contribution >= 0.6 is 11.3 Å². The molecule has 2 aliphatic rings. The largest absolute Gasteiger partial charge is 0.388 e. The molecule has 3 aromatic heterocycles. The fraction of sp³-hybridized carbons (Fsp3) is 0.500. The highest BCUT2D eigenvalue weighted by molar-refractivity contribution is 7.19. The van der Waals surface area contributed by atoms with Crippen LogP contribution < -0.4 is 5.32 Å². The van der Waals surface area contributed by atoms with E-state index in [4.69, 9.17) is 14.7 Å². The molecule has 0 spiro atoms. The maximum Gasteiger partial charge on any atom is 0.183 e. The van der Waals surface area contributed by atoms with Crippen molar-refractivity contribution < 1.29 is 9.84 Å². The first-order chi connectivity index (χ1) is 13.7. The highest BCUT2D eigenvalue weighted by Crippen LogP contribution is 2.39. The topological polar surface area (TPSA) is 93.1 Å². The zero-order valence-corrected chi connectivity index (χ0v) is 16.5. The number of ether oxygens (including phenoxy) is 1. The summed E-state index contributed by atoms with van der Waals surface area (Å²) in [6.45, 7) is 1.64. The van der Waals surface area contributed by atoms with Crippen LogP contribution in [0.1, 0.15) is 36.1 Å². The molecule has 0 bridgehead atoms. The number of aliphatic hydroxyl groups is 1. The molecule has 1 fully saturated rings. The lowest BCUT2D eigenvalue weighted by Crippen LogP contribution is -2.42. The Hall–Kier alpha value is -2.16. The molecule has 0 unspecified atom stereocenters. The number of aryl methyl sites for hydroxylation is 2. The fourth-order valence-corrected chi connectivity index (χ4v) is 5.25. The van der Waals surface area contributed by atoms with Crippen molar-refractivity contribution in [2.45, 2.75) is 44.1 Å². The summed E-state index contributed by atoms with van der Waals surface area (Å²) in [5.74, 6) is 1.37. The van der Waals surface area contributed by atoms with Crippen LogP contribution in [-0.2, 0) is 17.6 Å². The van der Waals surface area contributed by atoms with Gasteiger partial charge in [0.25, 0.3) is 0 Å². The van der Waals surface area contributed by atoms with Crippen LogP contribution in [0.4, 0.5) is 5.82 Å². The van der Waals surface area contributed by atoms with Crippen molar-refractivity contribution in [1.29, 1.82) is 0 Å². The van der Waals surface area contributed by atoms with Crippen LogP contribution in [0.15, 0.2) is 18.6 Å². The summed E-state index contributed by atoms with van der Waals surface area (Å²) in [6, 6.07) is 0. The molecule has 0 amide bonds. The zero-order chi connectivity index (χ0) is 19.0. The van der Waals surface area contributed by atoms with E-state index in [9.17, 15) is 5.11 Å². The molecule has 0 aromatic carbocycles. The van der Waals surface area contributed by atoms with E-state index < -0.39 is 5.60 Å². The lowest BCUT2D eigenvalue weighted by atomic mass is 9.94. The Labute approximate surface area is 167 Å². The van der Waals surface area contributed by atoms with Crippen molar-refractivity contribution in [2.75, 3.05) is 25.1 Å². The first-order valence-electron chi connectivity index (χ1n) is 9.85. The normalized spacial score (nSPS) is 18.8. The molecule has 1 aliphatic carbocycles. The SMILES string of the molecule is OC1(CNc2nc(-c3cnccn3)nc3sc4c(c23)CCCC4)CCOCC1. The monoisotopic (exact) mass is 397 g/mol. The molecule has 1 aliphatic heterocycles. The summed E-state index contributed by atoms with van der Waals surface area (Å²) < 4.78 is 5.40. The lowest BCUT2D eigenvalue weighted by Gasteiger charge is -2.32. The van der Waals surface area contributed by atoms with Gasteiger partial charge in [-0.2, -0.15) is 0 Å². The second-order valence-corrected chi connectivity index (χ2v) is 8.65. The van der Waals surface area contributed by atoms with Crippen molar-refractivity contribution >= 4 is 27.4 Å². The van der Waals surface area contributed by atoms with Crippen molar-refractivity contribution in [3.63, 3.8) is 0 Å². The highest BCUT2D eigenvalue weighted by atomic mass is 32.1. The van der Waals surface area contributed by atoms with Crippen molar-refractivity contribution in [3.8, 4) is 11.5 Å². The second-order valence-electron chi connectivity index (χ2n) is 7.57. The molecule has 4 heterocycles. The van der Waals surface area contributed by atoms with Gasteiger partial charge in [0.2, 0.25) is 0 Å². The van der Waals surface area contributed by atoms with Crippen molar-refractivity contribution in [1.82, 2.24) is 19.9 Å². The first-order valence-corrected chi connectivity index (χ1v) is 10.7. The Morgan fingerprint density at radius 1 is 1.14 bits per heavy atom. The van der Waals surface area contributed by atoms with E-state index in [0.29, 0.717) is 44.1 Å².